The summed E-state index contributed by atoms with van der Waals surface area (Å²) in [6, 6.07) is 9.43. The van der Waals surface area contributed by atoms with E-state index in [-0.39, 0.29) is 12.0 Å². The molecular formula is C12H9IN6O. The minimum atomic E-state index is 0.0751. The van der Waals surface area contributed by atoms with Gasteiger partial charge in [0.05, 0.1) is 0 Å². The molecule has 0 aliphatic heterocycles. The molecule has 0 saturated carbocycles. The summed E-state index contributed by atoms with van der Waals surface area (Å²) in [6.45, 7) is 0. The Labute approximate surface area is 128 Å². The molecule has 2 N–H and O–H groups in total. The molecule has 2 heterocycles. The predicted molar refractivity (Wildman–Crippen MR) is 80.6 cm³/mol. The lowest BCUT2D eigenvalue weighted by Crippen LogP contribution is -2.07. The van der Waals surface area contributed by atoms with Gasteiger partial charge in [-0.2, -0.15) is 20.1 Å². The predicted octanol–water partition coefficient (Wildman–Crippen LogP) is 2.04. The molecule has 1 aromatic carbocycles. The van der Waals surface area contributed by atoms with Gasteiger partial charge in [0, 0.05) is 16.0 Å². The first-order chi connectivity index (χ1) is 9.70. The van der Waals surface area contributed by atoms with Gasteiger partial charge in [-0.15, -0.1) is 0 Å². The summed E-state index contributed by atoms with van der Waals surface area (Å²) in [7, 11) is 0. The van der Waals surface area contributed by atoms with Crippen molar-refractivity contribution in [2.75, 3.05) is 5.73 Å². The molecule has 3 aromatic rings. The first-order valence-electron chi connectivity index (χ1n) is 5.66. The highest BCUT2D eigenvalue weighted by Gasteiger charge is 2.08. The highest BCUT2D eigenvalue weighted by atomic mass is 127. The van der Waals surface area contributed by atoms with E-state index in [2.05, 4.69) is 42.6 Å². The monoisotopic (exact) mass is 380 g/mol. The number of nitrogen functional groups attached to an aromatic ring is 1. The average molecular weight is 380 g/mol. The number of nitrogens with two attached hydrogens (primary N) is 1. The second-order valence-electron chi connectivity index (χ2n) is 3.79. The van der Waals surface area contributed by atoms with Crippen LogP contribution in [0.2, 0.25) is 0 Å². The van der Waals surface area contributed by atoms with Gasteiger partial charge in [-0.1, -0.05) is 6.07 Å². The number of halogens is 1. The van der Waals surface area contributed by atoms with Crippen molar-refractivity contribution in [2.24, 2.45) is 0 Å². The molecule has 0 fully saturated rings. The Morgan fingerprint density at radius 2 is 2.05 bits per heavy atom. The molecule has 0 aliphatic carbocycles. The van der Waals surface area contributed by atoms with Crippen LogP contribution in [0.3, 0.4) is 0 Å². The number of anilines is 1. The smallest absolute Gasteiger partial charge is 0.328 e. The van der Waals surface area contributed by atoms with Crippen molar-refractivity contribution in [3.05, 3.63) is 46.3 Å². The van der Waals surface area contributed by atoms with Crippen LogP contribution in [0.5, 0.6) is 11.8 Å². The van der Waals surface area contributed by atoms with E-state index in [9.17, 15) is 0 Å². The Kier molecular flexibility index (Phi) is 3.46. The van der Waals surface area contributed by atoms with E-state index >= 15 is 0 Å². The van der Waals surface area contributed by atoms with Crippen LogP contribution in [0, 0.1) is 3.57 Å². The first-order valence-corrected chi connectivity index (χ1v) is 6.73. The Morgan fingerprint density at radius 3 is 2.80 bits per heavy atom. The molecular weight excluding hydrogens is 371 g/mol. The largest absolute Gasteiger partial charge is 0.424 e. The molecule has 20 heavy (non-hydrogen) atoms. The number of rotatable bonds is 3. The van der Waals surface area contributed by atoms with Crippen molar-refractivity contribution in [2.45, 2.75) is 0 Å². The molecule has 0 radical (unpaired) electrons. The highest BCUT2D eigenvalue weighted by Crippen LogP contribution is 2.20. The zero-order chi connectivity index (χ0) is 13.9. The van der Waals surface area contributed by atoms with E-state index in [0.717, 1.165) is 3.57 Å². The average Bonchev–Trinajstić information content (AvgIpc) is 2.91. The van der Waals surface area contributed by atoms with Crippen molar-refractivity contribution < 1.29 is 4.74 Å². The summed E-state index contributed by atoms with van der Waals surface area (Å²) in [6.07, 6.45) is 3.34. The molecule has 2 aromatic heterocycles. The molecule has 7 nitrogen and oxygen atoms in total. The fourth-order valence-corrected chi connectivity index (χ4v) is 2.05. The van der Waals surface area contributed by atoms with Gasteiger partial charge in [-0.05, 0) is 46.9 Å². The van der Waals surface area contributed by atoms with Crippen LogP contribution in [-0.2, 0) is 0 Å². The Morgan fingerprint density at radius 1 is 1.15 bits per heavy atom. The normalized spacial score (nSPS) is 10.4. The van der Waals surface area contributed by atoms with Gasteiger partial charge in [-0.25, -0.2) is 4.68 Å². The van der Waals surface area contributed by atoms with Gasteiger partial charge < -0.3 is 10.5 Å². The highest BCUT2D eigenvalue weighted by molar-refractivity contribution is 14.1. The maximum Gasteiger partial charge on any atom is 0.328 e. The maximum absolute atomic E-state index is 5.66. The minimum absolute atomic E-state index is 0.0751. The molecule has 0 bridgehead atoms. The van der Waals surface area contributed by atoms with E-state index < -0.39 is 0 Å². The summed E-state index contributed by atoms with van der Waals surface area (Å²) in [5, 5.41) is 4.04. The van der Waals surface area contributed by atoms with Gasteiger partial charge in [-0.3, -0.25) is 0 Å². The van der Waals surface area contributed by atoms with Crippen LogP contribution in [0.1, 0.15) is 0 Å². The molecule has 0 saturated heterocycles. The van der Waals surface area contributed by atoms with E-state index in [0.29, 0.717) is 11.7 Å². The van der Waals surface area contributed by atoms with Crippen molar-refractivity contribution in [1.82, 2.24) is 24.7 Å². The third kappa shape index (κ3) is 2.85. The summed E-state index contributed by atoms with van der Waals surface area (Å²) in [4.78, 5) is 12.1. The van der Waals surface area contributed by atoms with E-state index in [1.807, 2.05) is 24.3 Å². The van der Waals surface area contributed by atoms with Crippen LogP contribution < -0.4 is 10.5 Å². The summed E-state index contributed by atoms with van der Waals surface area (Å²) in [5.41, 5.74) is 5.66. The first kappa shape index (κ1) is 12.8. The third-order valence-electron chi connectivity index (χ3n) is 2.33. The number of ether oxygens (including phenoxy) is 1. The lowest BCUT2D eigenvalue weighted by atomic mass is 10.3. The Hall–Kier alpha value is -2.23. The van der Waals surface area contributed by atoms with Crippen molar-refractivity contribution >= 4 is 28.5 Å². The zero-order valence-electron chi connectivity index (χ0n) is 10.1. The number of nitrogens with zero attached hydrogens (tertiary/aromatic N) is 5. The lowest BCUT2D eigenvalue weighted by molar-refractivity contribution is 0.438. The van der Waals surface area contributed by atoms with Gasteiger partial charge in [0.1, 0.15) is 5.75 Å². The topological polar surface area (TPSA) is 91.7 Å². The molecule has 3 rings (SSSR count). The second-order valence-corrected chi connectivity index (χ2v) is 5.03. The van der Waals surface area contributed by atoms with Crippen LogP contribution in [0.25, 0.3) is 5.95 Å². The second kappa shape index (κ2) is 5.41. The number of hydrogen-bond donors (Lipinski definition) is 1. The van der Waals surface area contributed by atoms with E-state index in [4.69, 9.17) is 10.5 Å². The fraction of sp³-hybridized carbons (Fsp3) is 0. The molecule has 0 aliphatic rings. The van der Waals surface area contributed by atoms with Crippen LogP contribution in [0.4, 0.5) is 5.95 Å². The summed E-state index contributed by atoms with van der Waals surface area (Å²) in [5.74, 6) is 1.02. The van der Waals surface area contributed by atoms with Crippen molar-refractivity contribution in [3.63, 3.8) is 0 Å². The van der Waals surface area contributed by atoms with Gasteiger partial charge in [0.15, 0.2) is 0 Å². The van der Waals surface area contributed by atoms with Crippen LogP contribution in [0.15, 0.2) is 42.7 Å². The third-order valence-corrected chi connectivity index (χ3v) is 3.01. The van der Waals surface area contributed by atoms with E-state index in [1.54, 1.807) is 18.5 Å². The fourth-order valence-electron chi connectivity index (χ4n) is 1.53. The van der Waals surface area contributed by atoms with Crippen LogP contribution in [-0.4, -0.2) is 24.7 Å². The number of benzene rings is 1. The molecule has 0 amide bonds. The van der Waals surface area contributed by atoms with E-state index in [1.165, 1.54) is 4.68 Å². The summed E-state index contributed by atoms with van der Waals surface area (Å²) >= 11 is 2.20. The van der Waals surface area contributed by atoms with Gasteiger partial charge in [0.2, 0.25) is 5.95 Å². The Bertz CT molecular complexity index is 731. The van der Waals surface area contributed by atoms with Gasteiger partial charge >= 0.3 is 6.01 Å². The molecule has 100 valence electrons. The molecule has 0 unspecified atom stereocenters. The van der Waals surface area contributed by atoms with Crippen molar-refractivity contribution in [1.29, 1.82) is 0 Å². The molecule has 0 spiro atoms. The van der Waals surface area contributed by atoms with Crippen LogP contribution >= 0.6 is 22.6 Å². The standard InChI is InChI=1S/C12H9IN6O/c13-8-3-1-4-9(7-8)20-12-17-10(14)16-11(18-12)19-6-2-5-15-19/h1-7H,(H2,14,16,17,18). The SMILES string of the molecule is Nc1nc(Oc2cccc(I)c2)nc(-n2cccn2)n1. The van der Waals surface area contributed by atoms with Crippen molar-refractivity contribution in [3.8, 4) is 17.7 Å². The minimum Gasteiger partial charge on any atom is -0.424 e. The van der Waals surface area contributed by atoms with Gasteiger partial charge in [0.25, 0.3) is 5.95 Å². The molecule has 8 heteroatoms. The number of hydrogen-bond acceptors (Lipinski definition) is 6. The number of aromatic nitrogens is 5. The maximum atomic E-state index is 5.66. The Balaban J connectivity index is 1.94. The lowest BCUT2D eigenvalue weighted by Gasteiger charge is -2.06. The zero-order valence-corrected chi connectivity index (χ0v) is 12.3. The summed E-state index contributed by atoms with van der Waals surface area (Å²) < 4.78 is 8.13. The quantitative estimate of drug-likeness (QED) is 0.700. The molecule has 0 atom stereocenters.